The number of nitro groups is 1. The van der Waals surface area contributed by atoms with Gasteiger partial charge in [0.25, 0.3) is 17.4 Å². The average molecular weight is 467 g/mol. The number of aliphatic hydroxyl groups is 1. The van der Waals surface area contributed by atoms with Crippen LogP contribution < -0.4 is 4.74 Å². The van der Waals surface area contributed by atoms with Crippen LogP contribution in [0.25, 0.3) is 5.76 Å². The number of methoxy groups -OCH3 is 1. The largest absolute Gasteiger partial charge is 0.507 e. The number of morpholine rings is 1. The number of nitrogens with zero attached hydrogens (tertiary/aromatic N) is 3. The van der Waals surface area contributed by atoms with Crippen LogP contribution in [0, 0.1) is 10.1 Å². The van der Waals surface area contributed by atoms with Crippen LogP contribution in [0.1, 0.15) is 17.2 Å². The van der Waals surface area contributed by atoms with Crippen LogP contribution in [0.3, 0.4) is 0 Å². The fourth-order valence-electron chi connectivity index (χ4n) is 4.30. The highest BCUT2D eigenvalue weighted by Crippen LogP contribution is 2.42. The van der Waals surface area contributed by atoms with Crippen LogP contribution in [0.2, 0.25) is 0 Å². The zero-order valence-electron chi connectivity index (χ0n) is 18.7. The number of Topliss-reactive ketones (excluding diaryl/α,β-unsaturated/α-hetero) is 1. The molecule has 0 saturated carbocycles. The van der Waals surface area contributed by atoms with Crippen LogP contribution in [0.15, 0.2) is 54.1 Å². The standard InChI is InChI=1S/C24H25N3O7/c1-33-17-8-6-16(7-9-17)22(28)20-21(18-4-2-3-5-19(18)27(31)32)26(24(30)23(20)29)11-10-25-12-14-34-15-13-25/h2-9,21,28H,10-15H2,1H3/t21-/m0/s1. The molecule has 34 heavy (non-hydrogen) atoms. The van der Waals surface area contributed by atoms with E-state index in [1.807, 2.05) is 0 Å². The van der Waals surface area contributed by atoms with Crippen molar-refractivity contribution in [3.05, 3.63) is 75.3 Å². The summed E-state index contributed by atoms with van der Waals surface area (Å²) < 4.78 is 10.5. The zero-order valence-corrected chi connectivity index (χ0v) is 18.7. The lowest BCUT2D eigenvalue weighted by atomic mass is 9.94. The Morgan fingerprint density at radius 2 is 1.79 bits per heavy atom. The third-order valence-corrected chi connectivity index (χ3v) is 6.09. The van der Waals surface area contributed by atoms with Gasteiger partial charge in [-0.15, -0.1) is 0 Å². The molecule has 10 nitrogen and oxygen atoms in total. The fourth-order valence-corrected chi connectivity index (χ4v) is 4.30. The molecule has 2 aromatic carbocycles. The van der Waals surface area contributed by atoms with Gasteiger partial charge in [-0.05, 0) is 30.3 Å². The number of ketones is 1. The maximum absolute atomic E-state index is 13.1. The molecule has 1 N–H and O–H groups in total. The number of hydrogen-bond acceptors (Lipinski definition) is 8. The Kier molecular flexibility index (Phi) is 6.90. The highest BCUT2D eigenvalue weighted by Gasteiger charge is 2.48. The Morgan fingerprint density at radius 3 is 2.44 bits per heavy atom. The first-order valence-electron chi connectivity index (χ1n) is 10.9. The van der Waals surface area contributed by atoms with Crippen molar-refractivity contribution < 1.29 is 29.1 Å². The maximum Gasteiger partial charge on any atom is 0.295 e. The van der Waals surface area contributed by atoms with Crippen molar-refractivity contribution in [2.75, 3.05) is 46.5 Å². The molecular weight excluding hydrogens is 442 g/mol. The van der Waals surface area contributed by atoms with Gasteiger partial charge < -0.3 is 19.5 Å². The van der Waals surface area contributed by atoms with E-state index < -0.39 is 28.4 Å². The van der Waals surface area contributed by atoms with Crippen molar-refractivity contribution in [3.63, 3.8) is 0 Å². The summed E-state index contributed by atoms with van der Waals surface area (Å²) >= 11 is 0. The molecule has 178 valence electrons. The smallest absolute Gasteiger partial charge is 0.295 e. The van der Waals surface area contributed by atoms with E-state index in [1.165, 1.54) is 30.2 Å². The summed E-state index contributed by atoms with van der Waals surface area (Å²) in [6, 6.07) is 11.2. The van der Waals surface area contributed by atoms with Crippen LogP contribution in [0.5, 0.6) is 5.75 Å². The minimum absolute atomic E-state index is 0.167. The van der Waals surface area contributed by atoms with Gasteiger partial charge in [-0.2, -0.15) is 0 Å². The van der Waals surface area contributed by atoms with E-state index in [-0.39, 0.29) is 23.4 Å². The molecule has 2 heterocycles. The molecule has 1 amide bonds. The highest BCUT2D eigenvalue weighted by molar-refractivity contribution is 6.46. The predicted molar refractivity (Wildman–Crippen MR) is 122 cm³/mol. The zero-order chi connectivity index (χ0) is 24.2. The number of rotatable bonds is 7. The van der Waals surface area contributed by atoms with Gasteiger partial charge in [0.2, 0.25) is 0 Å². The van der Waals surface area contributed by atoms with Gasteiger partial charge in [-0.1, -0.05) is 12.1 Å². The lowest BCUT2D eigenvalue weighted by molar-refractivity contribution is -0.385. The van der Waals surface area contributed by atoms with Crippen LogP contribution >= 0.6 is 0 Å². The minimum Gasteiger partial charge on any atom is -0.507 e. The molecule has 0 unspecified atom stereocenters. The maximum atomic E-state index is 13.1. The van der Waals surface area contributed by atoms with E-state index in [0.29, 0.717) is 44.2 Å². The number of carbonyl (C=O) groups excluding carboxylic acids is 2. The van der Waals surface area contributed by atoms with Crippen LogP contribution in [0.4, 0.5) is 5.69 Å². The summed E-state index contributed by atoms with van der Waals surface area (Å²) in [4.78, 5) is 40.9. The van der Waals surface area contributed by atoms with Gasteiger partial charge in [0.15, 0.2) is 0 Å². The van der Waals surface area contributed by atoms with E-state index in [9.17, 15) is 24.8 Å². The van der Waals surface area contributed by atoms with Crippen molar-refractivity contribution in [2.45, 2.75) is 6.04 Å². The normalized spacial score (nSPS) is 20.5. The molecule has 0 radical (unpaired) electrons. The quantitative estimate of drug-likeness (QED) is 0.217. The van der Waals surface area contributed by atoms with Gasteiger partial charge in [0, 0.05) is 37.8 Å². The average Bonchev–Trinajstić information content (AvgIpc) is 3.12. The highest BCUT2D eigenvalue weighted by atomic mass is 16.6. The van der Waals surface area contributed by atoms with Crippen molar-refractivity contribution in [3.8, 4) is 5.75 Å². The number of aliphatic hydroxyl groups excluding tert-OH is 1. The second kappa shape index (κ2) is 10.0. The summed E-state index contributed by atoms with van der Waals surface area (Å²) in [5, 5.41) is 22.9. The third kappa shape index (κ3) is 4.50. The predicted octanol–water partition coefficient (Wildman–Crippen LogP) is 2.36. The first kappa shape index (κ1) is 23.4. The topological polar surface area (TPSA) is 122 Å². The van der Waals surface area contributed by atoms with E-state index in [1.54, 1.807) is 30.3 Å². The molecule has 4 rings (SSSR count). The Hall–Kier alpha value is -3.76. The number of nitro benzene ring substituents is 1. The van der Waals surface area contributed by atoms with Crippen molar-refractivity contribution in [1.82, 2.24) is 9.80 Å². The van der Waals surface area contributed by atoms with Crippen molar-refractivity contribution in [2.24, 2.45) is 0 Å². The summed E-state index contributed by atoms with van der Waals surface area (Å²) in [5.74, 6) is -1.51. The number of hydrogen-bond donors (Lipinski definition) is 1. The summed E-state index contributed by atoms with van der Waals surface area (Å²) in [6.07, 6.45) is 0. The van der Waals surface area contributed by atoms with E-state index >= 15 is 0 Å². The van der Waals surface area contributed by atoms with Crippen molar-refractivity contribution >= 4 is 23.1 Å². The van der Waals surface area contributed by atoms with E-state index in [0.717, 1.165) is 0 Å². The molecule has 10 heteroatoms. The molecule has 0 aliphatic carbocycles. The van der Waals surface area contributed by atoms with Gasteiger partial charge in [-0.25, -0.2) is 0 Å². The van der Waals surface area contributed by atoms with E-state index in [4.69, 9.17) is 9.47 Å². The van der Waals surface area contributed by atoms with Gasteiger partial charge in [0.1, 0.15) is 11.5 Å². The Bertz CT molecular complexity index is 1120. The molecule has 0 aromatic heterocycles. The second-order valence-corrected chi connectivity index (χ2v) is 7.99. The molecule has 2 saturated heterocycles. The molecule has 0 bridgehead atoms. The summed E-state index contributed by atoms with van der Waals surface area (Å²) in [5.41, 5.74) is 0.0668. The minimum atomic E-state index is -1.09. The SMILES string of the molecule is COc1ccc(C(O)=C2C(=O)C(=O)N(CCN3CCOCC3)[C@H]2c2ccccc2[N+](=O)[O-])cc1. The third-order valence-electron chi connectivity index (χ3n) is 6.09. The van der Waals surface area contributed by atoms with Crippen LogP contribution in [-0.2, 0) is 14.3 Å². The monoisotopic (exact) mass is 467 g/mol. The number of likely N-dealkylation sites (tertiary alicyclic amines) is 1. The Balaban J connectivity index is 1.79. The van der Waals surface area contributed by atoms with Gasteiger partial charge in [0.05, 0.1) is 42.4 Å². The summed E-state index contributed by atoms with van der Waals surface area (Å²) in [7, 11) is 1.50. The summed E-state index contributed by atoms with van der Waals surface area (Å²) in [6.45, 7) is 3.16. The van der Waals surface area contributed by atoms with Gasteiger partial charge in [-0.3, -0.25) is 24.6 Å². The first-order valence-corrected chi connectivity index (χ1v) is 10.9. The lowest BCUT2D eigenvalue weighted by Gasteiger charge is -2.30. The number of para-hydroxylation sites is 1. The number of benzene rings is 2. The lowest BCUT2D eigenvalue weighted by Crippen LogP contribution is -2.42. The number of carbonyl (C=O) groups is 2. The molecule has 2 aromatic rings. The fraction of sp³-hybridized carbons (Fsp3) is 0.333. The van der Waals surface area contributed by atoms with E-state index in [2.05, 4.69) is 4.90 Å². The first-order chi connectivity index (χ1) is 16.4. The molecule has 2 fully saturated rings. The van der Waals surface area contributed by atoms with Gasteiger partial charge >= 0.3 is 0 Å². The molecule has 1 atom stereocenters. The Labute approximate surface area is 196 Å². The Morgan fingerprint density at radius 1 is 1.12 bits per heavy atom. The number of ether oxygens (including phenoxy) is 2. The number of amides is 1. The molecule has 2 aliphatic rings. The molecule has 0 spiro atoms. The van der Waals surface area contributed by atoms with Crippen molar-refractivity contribution in [1.29, 1.82) is 0 Å². The van der Waals surface area contributed by atoms with Crippen LogP contribution in [-0.4, -0.2) is 78.0 Å². The second-order valence-electron chi connectivity index (χ2n) is 7.99. The molecule has 2 aliphatic heterocycles. The molecular formula is C24H25N3O7.